The SMILES string of the molecule is CC1(C)c2ccc(-c3ccc(-c4cccnc4)cn3)cc2-c2cc(-c3nc(-c4ccccc4)nc(-c4ccccc4)n3)ccc21. The van der Waals surface area contributed by atoms with Crippen LogP contribution in [0.3, 0.4) is 0 Å². The molecule has 0 bridgehead atoms. The van der Waals surface area contributed by atoms with Crippen molar-refractivity contribution < 1.29 is 0 Å². The van der Waals surface area contributed by atoms with Gasteiger partial charge in [0.05, 0.1) is 5.69 Å². The van der Waals surface area contributed by atoms with Crippen LogP contribution >= 0.6 is 0 Å². The Morgan fingerprint density at radius 1 is 0.444 bits per heavy atom. The number of pyridine rings is 2. The third kappa shape index (κ3) is 4.79. The van der Waals surface area contributed by atoms with Crippen molar-refractivity contribution in [3.05, 3.63) is 151 Å². The minimum Gasteiger partial charge on any atom is -0.264 e. The summed E-state index contributed by atoms with van der Waals surface area (Å²) >= 11 is 0. The maximum atomic E-state index is 4.98. The van der Waals surface area contributed by atoms with Gasteiger partial charge in [-0.1, -0.05) is 111 Å². The number of nitrogens with zero attached hydrogens (tertiary/aromatic N) is 5. The quantitative estimate of drug-likeness (QED) is 0.203. The van der Waals surface area contributed by atoms with Gasteiger partial charge in [0.25, 0.3) is 0 Å². The summed E-state index contributed by atoms with van der Waals surface area (Å²) < 4.78 is 0. The molecule has 5 nitrogen and oxygen atoms in total. The second kappa shape index (κ2) is 10.7. The molecule has 3 aromatic heterocycles. The highest BCUT2D eigenvalue weighted by Crippen LogP contribution is 2.50. The number of benzene rings is 4. The molecule has 7 aromatic rings. The molecule has 0 N–H and O–H groups in total. The lowest BCUT2D eigenvalue weighted by atomic mass is 9.82. The first-order chi connectivity index (χ1) is 22.0. The summed E-state index contributed by atoms with van der Waals surface area (Å²) in [4.78, 5) is 23.9. The van der Waals surface area contributed by atoms with Crippen LogP contribution in [0.15, 0.2) is 140 Å². The molecule has 0 spiro atoms. The van der Waals surface area contributed by atoms with E-state index in [1.165, 1.54) is 22.3 Å². The minimum absolute atomic E-state index is 0.136. The standard InChI is InChI=1S/C40H29N5/c1-40(2)34-18-15-28(36-20-17-31(25-42-36)30-14-9-21-41-24-30)22-32(34)33-23-29(16-19-35(33)40)39-44-37(26-10-5-3-6-11-26)43-38(45-39)27-12-7-4-8-13-27/h3-25H,1-2H3. The molecule has 0 unspecified atom stereocenters. The van der Waals surface area contributed by atoms with Crippen molar-refractivity contribution in [3.63, 3.8) is 0 Å². The van der Waals surface area contributed by atoms with Gasteiger partial charge in [-0.2, -0.15) is 0 Å². The highest BCUT2D eigenvalue weighted by Gasteiger charge is 2.36. The van der Waals surface area contributed by atoms with Crippen molar-refractivity contribution in [2.24, 2.45) is 0 Å². The molecule has 1 aliphatic carbocycles. The summed E-state index contributed by atoms with van der Waals surface area (Å²) in [7, 11) is 0. The van der Waals surface area contributed by atoms with Crippen LogP contribution in [0, 0.1) is 0 Å². The van der Waals surface area contributed by atoms with E-state index in [9.17, 15) is 0 Å². The second-order valence-corrected chi connectivity index (χ2v) is 11.9. The van der Waals surface area contributed by atoms with Gasteiger partial charge in [-0.05, 0) is 46.5 Å². The predicted octanol–water partition coefficient (Wildman–Crippen LogP) is 9.30. The summed E-state index contributed by atoms with van der Waals surface area (Å²) in [6.45, 7) is 4.59. The largest absolute Gasteiger partial charge is 0.264 e. The summed E-state index contributed by atoms with van der Waals surface area (Å²) in [5.41, 5.74) is 11.9. The molecule has 0 radical (unpaired) electrons. The molecule has 0 saturated heterocycles. The van der Waals surface area contributed by atoms with Crippen molar-refractivity contribution in [2.75, 3.05) is 0 Å². The molecule has 0 aliphatic heterocycles. The normalized spacial score (nSPS) is 12.8. The van der Waals surface area contributed by atoms with Crippen molar-refractivity contribution in [2.45, 2.75) is 19.3 Å². The Bertz CT molecular complexity index is 2100. The summed E-state index contributed by atoms with van der Waals surface area (Å²) in [5.74, 6) is 1.97. The van der Waals surface area contributed by atoms with Crippen LogP contribution in [0.5, 0.6) is 0 Å². The van der Waals surface area contributed by atoms with Gasteiger partial charge in [-0.15, -0.1) is 0 Å². The van der Waals surface area contributed by atoms with Gasteiger partial charge in [0.2, 0.25) is 0 Å². The third-order valence-electron chi connectivity index (χ3n) is 8.69. The van der Waals surface area contributed by atoms with Gasteiger partial charge in [-0.25, -0.2) is 15.0 Å². The number of fused-ring (bicyclic) bond motifs is 3. The van der Waals surface area contributed by atoms with Crippen LogP contribution in [0.25, 0.3) is 67.7 Å². The van der Waals surface area contributed by atoms with E-state index in [2.05, 4.69) is 67.4 Å². The lowest BCUT2D eigenvalue weighted by molar-refractivity contribution is 0.660. The van der Waals surface area contributed by atoms with E-state index in [-0.39, 0.29) is 5.41 Å². The molecule has 45 heavy (non-hydrogen) atoms. The Kier molecular flexibility index (Phi) is 6.38. The molecule has 0 atom stereocenters. The topological polar surface area (TPSA) is 64.5 Å². The van der Waals surface area contributed by atoms with Crippen molar-refractivity contribution >= 4 is 0 Å². The van der Waals surface area contributed by atoms with Crippen LogP contribution in [-0.2, 0) is 5.41 Å². The van der Waals surface area contributed by atoms with E-state index in [1.807, 2.05) is 85.2 Å². The van der Waals surface area contributed by atoms with Crippen molar-refractivity contribution in [1.29, 1.82) is 0 Å². The van der Waals surface area contributed by atoms with Gasteiger partial charge in [0.15, 0.2) is 17.5 Å². The summed E-state index contributed by atoms with van der Waals surface area (Å²) in [6.07, 6.45) is 5.57. The monoisotopic (exact) mass is 579 g/mol. The zero-order chi connectivity index (χ0) is 30.4. The first-order valence-corrected chi connectivity index (χ1v) is 15.1. The molecule has 1 aliphatic rings. The number of rotatable bonds is 5. The first-order valence-electron chi connectivity index (χ1n) is 15.1. The maximum absolute atomic E-state index is 4.98. The van der Waals surface area contributed by atoms with E-state index in [0.717, 1.165) is 39.1 Å². The summed E-state index contributed by atoms with van der Waals surface area (Å²) in [6, 6.07) is 41.7. The average molecular weight is 580 g/mol. The molecular formula is C40H29N5. The molecule has 5 heteroatoms. The van der Waals surface area contributed by atoms with E-state index in [0.29, 0.717) is 17.5 Å². The minimum atomic E-state index is -0.136. The molecular weight excluding hydrogens is 550 g/mol. The predicted molar refractivity (Wildman–Crippen MR) is 180 cm³/mol. The number of hydrogen-bond acceptors (Lipinski definition) is 5. The highest BCUT2D eigenvalue weighted by molar-refractivity contribution is 5.86. The lowest BCUT2D eigenvalue weighted by Crippen LogP contribution is -2.14. The van der Waals surface area contributed by atoms with E-state index in [4.69, 9.17) is 19.9 Å². The molecule has 3 heterocycles. The van der Waals surface area contributed by atoms with Crippen LogP contribution in [-0.4, -0.2) is 24.9 Å². The zero-order valence-electron chi connectivity index (χ0n) is 25.0. The Morgan fingerprint density at radius 3 is 1.51 bits per heavy atom. The first kappa shape index (κ1) is 26.8. The Morgan fingerprint density at radius 2 is 0.956 bits per heavy atom. The Balaban J connectivity index is 1.23. The number of hydrogen-bond donors (Lipinski definition) is 0. The molecule has 0 saturated carbocycles. The van der Waals surface area contributed by atoms with Gasteiger partial charge in [0, 0.05) is 57.4 Å². The van der Waals surface area contributed by atoms with Crippen LogP contribution in [0.2, 0.25) is 0 Å². The van der Waals surface area contributed by atoms with E-state index < -0.39 is 0 Å². The second-order valence-electron chi connectivity index (χ2n) is 11.9. The van der Waals surface area contributed by atoms with E-state index >= 15 is 0 Å². The third-order valence-corrected chi connectivity index (χ3v) is 8.69. The number of aromatic nitrogens is 5. The Labute approximate surface area is 262 Å². The fourth-order valence-electron chi connectivity index (χ4n) is 6.27. The van der Waals surface area contributed by atoms with E-state index in [1.54, 1.807) is 6.20 Å². The van der Waals surface area contributed by atoms with Crippen molar-refractivity contribution in [3.8, 4) is 67.7 Å². The fraction of sp³-hybridized carbons (Fsp3) is 0.0750. The van der Waals surface area contributed by atoms with Gasteiger partial charge in [-0.3, -0.25) is 9.97 Å². The van der Waals surface area contributed by atoms with Crippen molar-refractivity contribution in [1.82, 2.24) is 24.9 Å². The van der Waals surface area contributed by atoms with Crippen LogP contribution in [0.4, 0.5) is 0 Å². The zero-order valence-corrected chi connectivity index (χ0v) is 25.0. The molecule has 0 amide bonds. The van der Waals surface area contributed by atoms with Gasteiger partial charge < -0.3 is 0 Å². The highest BCUT2D eigenvalue weighted by atomic mass is 15.0. The maximum Gasteiger partial charge on any atom is 0.164 e. The fourth-order valence-corrected chi connectivity index (χ4v) is 6.27. The van der Waals surface area contributed by atoms with Crippen LogP contribution in [0.1, 0.15) is 25.0 Å². The average Bonchev–Trinajstić information content (AvgIpc) is 3.34. The summed E-state index contributed by atoms with van der Waals surface area (Å²) in [5, 5.41) is 0. The Hall–Kier alpha value is -5.81. The smallest absolute Gasteiger partial charge is 0.164 e. The molecule has 4 aromatic carbocycles. The van der Waals surface area contributed by atoms with Gasteiger partial charge >= 0.3 is 0 Å². The molecule has 8 rings (SSSR count). The molecule has 0 fully saturated rings. The van der Waals surface area contributed by atoms with Crippen LogP contribution < -0.4 is 0 Å². The van der Waals surface area contributed by atoms with Gasteiger partial charge in [0.1, 0.15) is 0 Å². The molecule has 214 valence electrons. The lowest BCUT2D eigenvalue weighted by Gasteiger charge is -2.21.